The Morgan fingerprint density at radius 2 is 1.48 bits per heavy atom. The van der Waals surface area contributed by atoms with Gasteiger partial charge in [0.15, 0.2) is 5.58 Å². The molecule has 0 spiro atoms. The van der Waals surface area contributed by atoms with Crippen molar-refractivity contribution < 1.29 is 4.42 Å². The molecule has 0 aliphatic rings. The minimum Gasteiger partial charge on any atom is -0.454 e. The van der Waals surface area contributed by atoms with E-state index in [0.717, 1.165) is 56.6 Å². The molecule has 3 aromatic heterocycles. The summed E-state index contributed by atoms with van der Waals surface area (Å²) in [5.74, 6) is 0. The van der Waals surface area contributed by atoms with Gasteiger partial charge in [-0.15, -0.1) is 0 Å². The highest BCUT2D eigenvalue weighted by atomic mass is 16.3. The van der Waals surface area contributed by atoms with Crippen molar-refractivity contribution in [3.63, 3.8) is 0 Å². The normalized spacial score (nSPS) is 11.3. The van der Waals surface area contributed by atoms with Crippen LogP contribution in [0, 0.1) is 6.92 Å². The molecule has 6 aromatic rings. The Morgan fingerprint density at radius 1 is 0.697 bits per heavy atom. The molecule has 0 aliphatic carbocycles. The van der Waals surface area contributed by atoms with E-state index in [-0.39, 0.29) is 0 Å². The second kappa shape index (κ2) is 8.03. The average molecular weight is 427 g/mol. The molecule has 3 aromatic carbocycles. The minimum absolute atomic E-state index is 0.742. The molecule has 33 heavy (non-hydrogen) atoms. The number of nitrogens with zero attached hydrogens (tertiary/aromatic N) is 2. The van der Waals surface area contributed by atoms with Gasteiger partial charge in [0.05, 0.1) is 11.4 Å². The minimum atomic E-state index is 0.742. The SMILES string of the molecule is Cc1cc2c(oc3ccc(-c4cc(-c5ccccc5)ccn4)cc32)c(Cc2ccccc2)n1. The Morgan fingerprint density at radius 3 is 2.30 bits per heavy atom. The van der Waals surface area contributed by atoms with Crippen LogP contribution in [0.2, 0.25) is 0 Å². The highest BCUT2D eigenvalue weighted by molar-refractivity contribution is 6.07. The van der Waals surface area contributed by atoms with Gasteiger partial charge in [-0.2, -0.15) is 0 Å². The molecule has 3 heteroatoms. The molecule has 6 rings (SSSR count). The van der Waals surface area contributed by atoms with Gasteiger partial charge >= 0.3 is 0 Å². The summed E-state index contributed by atoms with van der Waals surface area (Å²) in [6.07, 6.45) is 2.62. The number of pyridine rings is 2. The quantitative estimate of drug-likeness (QED) is 0.291. The maximum atomic E-state index is 6.31. The van der Waals surface area contributed by atoms with Gasteiger partial charge in [-0.05, 0) is 60.0 Å². The van der Waals surface area contributed by atoms with Crippen LogP contribution in [-0.4, -0.2) is 9.97 Å². The van der Waals surface area contributed by atoms with Gasteiger partial charge < -0.3 is 4.42 Å². The molecule has 0 saturated heterocycles. The standard InChI is InChI=1S/C30H22N2O/c1-20-16-26-25-18-24(27-19-23(14-15-31-27)22-10-6-3-7-11-22)12-13-29(25)33-30(26)28(32-20)17-21-8-4-2-5-9-21/h2-16,18-19H,17H2,1H3. The largest absolute Gasteiger partial charge is 0.454 e. The number of aryl methyl sites for hydroxylation is 1. The molecule has 158 valence electrons. The zero-order valence-electron chi connectivity index (χ0n) is 18.3. The highest BCUT2D eigenvalue weighted by Crippen LogP contribution is 2.35. The van der Waals surface area contributed by atoms with E-state index in [9.17, 15) is 0 Å². The summed E-state index contributed by atoms with van der Waals surface area (Å²) in [5.41, 5.74) is 9.28. The van der Waals surface area contributed by atoms with Gasteiger partial charge in [-0.25, -0.2) is 0 Å². The average Bonchev–Trinajstić information content (AvgIpc) is 3.23. The fraction of sp³-hybridized carbons (Fsp3) is 0.0667. The highest BCUT2D eigenvalue weighted by Gasteiger charge is 2.15. The van der Waals surface area contributed by atoms with Gasteiger partial charge in [0.25, 0.3) is 0 Å². The number of rotatable bonds is 4. The lowest BCUT2D eigenvalue weighted by Crippen LogP contribution is -1.94. The molecule has 0 N–H and O–H groups in total. The van der Waals surface area contributed by atoms with Crippen LogP contribution >= 0.6 is 0 Å². The first-order chi connectivity index (χ1) is 16.2. The second-order valence-corrected chi connectivity index (χ2v) is 8.36. The Labute approximate surface area is 192 Å². The molecule has 0 saturated carbocycles. The zero-order valence-corrected chi connectivity index (χ0v) is 18.3. The van der Waals surface area contributed by atoms with Gasteiger partial charge in [0.2, 0.25) is 0 Å². The Balaban J connectivity index is 1.47. The van der Waals surface area contributed by atoms with Crippen LogP contribution in [0.4, 0.5) is 0 Å². The van der Waals surface area contributed by atoms with Crippen molar-refractivity contribution >= 4 is 21.9 Å². The molecule has 0 bridgehead atoms. The van der Waals surface area contributed by atoms with E-state index in [1.807, 2.05) is 31.3 Å². The summed E-state index contributed by atoms with van der Waals surface area (Å²) in [5, 5.41) is 2.19. The van der Waals surface area contributed by atoms with Crippen LogP contribution in [0.15, 0.2) is 108 Å². The van der Waals surface area contributed by atoms with Crippen molar-refractivity contribution in [3.05, 3.63) is 120 Å². The van der Waals surface area contributed by atoms with Crippen molar-refractivity contribution in [3.8, 4) is 22.4 Å². The van der Waals surface area contributed by atoms with Crippen molar-refractivity contribution in [1.29, 1.82) is 0 Å². The first-order valence-electron chi connectivity index (χ1n) is 11.1. The van der Waals surface area contributed by atoms with E-state index in [4.69, 9.17) is 9.40 Å². The van der Waals surface area contributed by atoms with Crippen LogP contribution in [-0.2, 0) is 6.42 Å². The Bertz CT molecular complexity index is 1580. The molecule has 3 heterocycles. The van der Waals surface area contributed by atoms with E-state index >= 15 is 0 Å². The van der Waals surface area contributed by atoms with Crippen LogP contribution in [0.3, 0.4) is 0 Å². The summed E-state index contributed by atoms with van der Waals surface area (Å²) < 4.78 is 6.31. The molecule has 0 fully saturated rings. The number of fused-ring (bicyclic) bond motifs is 3. The van der Waals surface area contributed by atoms with Crippen LogP contribution in [0.25, 0.3) is 44.3 Å². The maximum Gasteiger partial charge on any atom is 0.157 e. The molecular formula is C30H22N2O. The van der Waals surface area contributed by atoms with Crippen LogP contribution < -0.4 is 0 Å². The van der Waals surface area contributed by atoms with Crippen molar-refractivity contribution in [2.75, 3.05) is 0 Å². The summed E-state index contributed by atoms with van der Waals surface area (Å²) in [6, 6.07) is 33.4. The summed E-state index contributed by atoms with van der Waals surface area (Å²) in [7, 11) is 0. The van der Waals surface area contributed by atoms with E-state index < -0.39 is 0 Å². The van der Waals surface area contributed by atoms with E-state index in [0.29, 0.717) is 0 Å². The molecule has 0 amide bonds. The predicted octanol–water partition coefficient (Wildman–Crippen LogP) is 7.61. The number of hydrogen-bond acceptors (Lipinski definition) is 3. The van der Waals surface area contributed by atoms with E-state index in [2.05, 4.69) is 83.8 Å². The topological polar surface area (TPSA) is 38.9 Å². The third kappa shape index (κ3) is 3.68. The van der Waals surface area contributed by atoms with Gasteiger partial charge in [0, 0.05) is 34.6 Å². The monoisotopic (exact) mass is 426 g/mol. The van der Waals surface area contributed by atoms with Crippen molar-refractivity contribution in [2.24, 2.45) is 0 Å². The van der Waals surface area contributed by atoms with Gasteiger partial charge in [-0.1, -0.05) is 60.7 Å². The van der Waals surface area contributed by atoms with Crippen molar-refractivity contribution in [2.45, 2.75) is 13.3 Å². The number of furan rings is 1. The smallest absolute Gasteiger partial charge is 0.157 e. The summed E-state index contributed by atoms with van der Waals surface area (Å²) >= 11 is 0. The van der Waals surface area contributed by atoms with Gasteiger partial charge in [-0.3, -0.25) is 9.97 Å². The number of aromatic nitrogens is 2. The third-order valence-electron chi connectivity index (χ3n) is 6.03. The van der Waals surface area contributed by atoms with E-state index in [1.54, 1.807) is 0 Å². The fourth-order valence-electron chi connectivity index (χ4n) is 4.45. The van der Waals surface area contributed by atoms with E-state index in [1.165, 1.54) is 11.1 Å². The Hall–Kier alpha value is -4.24. The molecule has 0 radical (unpaired) electrons. The first-order valence-corrected chi connectivity index (χ1v) is 11.1. The number of hydrogen-bond donors (Lipinski definition) is 0. The maximum absolute atomic E-state index is 6.31. The lowest BCUT2D eigenvalue weighted by molar-refractivity contribution is 0.660. The van der Waals surface area contributed by atoms with Gasteiger partial charge in [0.1, 0.15) is 5.58 Å². The Kier molecular flexibility index (Phi) is 4.73. The molecule has 0 atom stereocenters. The first kappa shape index (κ1) is 19.4. The zero-order chi connectivity index (χ0) is 22.2. The lowest BCUT2D eigenvalue weighted by Gasteiger charge is -2.06. The predicted molar refractivity (Wildman–Crippen MR) is 134 cm³/mol. The molecule has 0 aliphatic heterocycles. The lowest BCUT2D eigenvalue weighted by atomic mass is 10.0. The summed E-state index contributed by atoms with van der Waals surface area (Å²) in [4.78, 5) is 9.47. The molecule has 3 nitrogen and oxygen atoms in total. The number of benzene rings is 3. The molecular weight excluding hydrogens is 404 g/mol. The molecule has 0 unspecified atom stereocenters. The third-order valence-corrected chi connectivity index (χ3v) is 6.03. The van der Waals surface area contributed by atoms with Crippen LogP contribution in [0.5, 0.6) is 0 Å². The second-order valence-electron chi connectivity index (χ2n) is 8.36. The summed E-state index contributed by atoms with van der Waals surface area (Å²) in [6.45, 7) is 2.04. The fourth-order valence-corrected chi connectivity index (χ4v) is 4.45. The van der Waals surface area contributed by atoms with Crippen LogP contribution in [0.1, 0.15) is 17.0 Å². The van der Waals surface area contributed by atoms with Crippen molar-refractivity contribution in [1.82, 2.24) is 9.97 Å².